The molecule has 0 spiro atoms. The molecule has 0 saturated heterocycles. The van der Waals surface area contributed by atoms with Crippen LogP contribution in [0.25, 0.3) is 44.6 Å². The lowest BCUT2D eigenvalue weighted by atomic mass is 9.83. The number of fused-ring (bicyclic) bond motifs is 8. The van der Waals surface area contributed by atoms with E-state index in [2.05, 4.69) is 424 Å². The van der Waals surface area contributed by atoms with Crippen molar-refractivity contribution >= 4 is 90.1 Å². The summed E-state index contributed by atoms with van der Waals surface area (Å²) in [6, 6.07) is 70.1. The highest BCUT2D eigenvalue weighted by atomic mass is 15.0. The van der Waals surface area contributed by atoms with Crippen LogP contribution in [-0.2, 0) is 0 Å². The first-order valence-corrected chi connectivity index (χ1v) is 41.4. The molecule has 8 aromatic carbocycles. The molecule has 8 aliphatic heterocycles. The summed E-state index contributed by atoms with van der Waals surface area (Å²) in [5.74, 6) is 0. The zero-order valence-electron chi connectivity index (χ0n) is 70.5. The van der Waals surface area contributed by atoms with Gasteiger partial charge in [-0.2, -0.15) is 0 Å². The Morgan fingerprint density at radius 1 is 0.264 bits per heavy atom. The Balaban J connectivity index is 0.000000145. The highest BCUT2D eigenvalue weighted by Gasteiger charge is 2.31. The molecule has 16 rings (SSSR count). The molecule has 0 fully saturated rings. The number of nitrogens with one attached hydrogen (secondary N) is 8. The summed E-state index contributed by atoms with van der Waals surface area (Å²) in [6.07, 6.45) is 29.9. The molecule has 0 aliphatic carbocycles. The number of para-hydroxylation sites is 8. The van der Waals surface area contributed by atoms with Crippen LogP contribution in [0, 0.1) is 0 Å². The van der Waals surface area contributed by atoms with Gasteiger partial charge in [-0.3, -0.25) is 0 Å². The molecule has 110 heavy (non-hydrogen) atoms. The average molecular weight is 1470 g/mol. The summed E-state index contributed by atoms with van der Waals surface area (Å²) in [7, 11) is 0. The summed E-state index contributed by atoms with van der Waals surface area (Å²) in [6.45, 7) is 44.2. The van der Waals surface area contributed by atoms with Crippen molar-refractivity contribution in [3.05, 3.63) is 287 Å². The van der Waals surface area contributed by atoms with Gasteiger partial charge in [-0.15, -0.1) is 0 Å². The Morgan fingerprint density at radius 2 is 0.564 bits per heavy atom. The smallest absolute Gasteiger partial charge is 0.0557 e. The zero-order valence-corrected chi connectivity index (χ0v) is 70.5. The first kappa shape index (κ1) is 84.1. The van der Waals surface area contributed by atoms with E-state index in [4.69, 9.17) is 0 Å². The van der Waals surface area contributed by atoms with E-state index < -0.39 is 0 Å². The molecule has 0 saturated carbocycles. The quantitative estimate of drug-likeness (QED) is 0.0686. The maximum atomic E-state index is 3.70. The molecule has 580 valence electrons. The van der Waals surface area contributed by atoms with Crippen molar-refractivity contribution in [1.29, 1.82) is 0 Å². The number of hydrogen-bond acceptors (Lipinski definition) is 8. The van der Waals surface area contributed by atoms with Gasteiger partial charge in [0, 0.05) is 114 Å². The molecule has 8 nitrogen and oxygen atoms in total. The van der Waals surface area contributed by atoms with Crippen LogP contribution in [0.4, 0.5) is 45.5 Å². The second kappa shape index (κ2) is 39.1. The fourth-order valence-electron chi connectivity index (χ4n) is 16.0. The van der Waals surface area contributed by atoms with Crippen molar-refractivity contribution in [2.75, 3.05) is 42.5 Å². The van der Waals surface area contributed by atoms with Crippen LogP contribution in [0.2, 0.25) is 0 Å². The summed E-state index contributed by atoms with van der Waals surface area (Å²) >= 11 is 0. The van der Waals surface area contributed by atoms with Crippen LogP contribution in [0.1, 0.15) is 247 Å². The fourth-order valence-corrected chi connectivity index (χ4v) is 16.0. The van der Waals surface area contributed by atoms with E-state index in [-0.39, 0.29) is 22.2 Å². The van der Waals surface area contributed by atoms with Crippen LogP contribution < -0.4 is 42.5 Å². The van der Waals surface area contributed by atoms with Gasteiger partial charge in [-0.25, -0.2) is 0 Å². The average Bonchev–Trinajstić information content (AvgIpc) is 0.875. The standard InChI is InChI=1S/C15H21N.C14H19N.2C13H17N.3C12H15N.C11H13N/c1-4-12-11-15(5-2,6-3)16-14-10-8-7-9-13(12)14;1-4-11-10-14(3,5-2)15-13-9-7-6-8-12(11)13;1-4-13(3)9-10(2)11-7-5-6-8-12(11)14-13;1-3-10-9-11(4-2)14-13-8-6-5-7-12(10)13;1-9-8-12(2,3)13-11-7-5-4-6-10(9)11;1-3-10-8-9(2)13-12-7-5-4-6-11(10)12;1-3-10-8-9(2)11-6-4-5-7-12(11)13-10;1-8-7-9(2)12-11-6-4-3-5-10(8)11/h7-11,16H,4-6H2,1-3H3;6-10,15H,4-5H2,1-3H3;5-9,14H,4H2,1-3H3;5-9,11,14H,3-4H2,1-2H3;4-8,13H,1-3H3;4-9,13H,3H2,1-2H3;4-8,10,13H,3H2,1-2H3;3-7,9,12H,1-2H3. The van der Waals surface area contributed by atoms with E-state index in [1.165, 1.54) is 135 Å². The third kappa shape index (κ3) is 21.8. The molecule has 8 aliphatic rings. The minimum absolute atomic E-state index is 0.0818. The van der Waals surface area contributed by atoms with Gasteiger partial charge >= 0.3 is 0 Å². The molecule has 8 heteroatoms. The number of rotatable bonds is 10. The van der Waals surface area contributed by atoms with Crippen molar-refractivity contribution in [3.63, 3.8) is 0 Å². The minimum atomic E-state index is 0.0818. The monoisotopic (exact) mass is 1470 g/mol. The SMILES string of the molecule is CC1=CC(C)(C)Nc2ccccc21.CC1=CC(C)Nc2ccccc21.CCC1(C)C=C(C)c2ccccc2N1.CCC1=CC(C)(CC)Nc2ccccc21.CCC1=CC(C)Nc2ccccc21.CCC1=CC(CC)(CC)Nc2ccccc21.CCC1=CC(CC)Nc2ccccc21.CCC1C=C(C)c2ccccc2N1. The first-order chi connectivity index (χ1) is 52.9. The van der Waals surface area contributed by atoms with Gasteiger partial charge in [0.1, 0.15) is 0 Å². The normalized spacial score (nSPS) is 20.7. The highest BCUT2D eigenvalue weighted by molar-refractivity contribution is 5.86. The fraction of sp³-hybridized carbons (Fsp3) is 0.373. The molecule has 0 radical (unpaired) electrons. The topological polar surface area (TPSA) is 96.2 Å². The molecule has 0 bridgehead atoms. The molecular formula is C102H132N8. The first-order valence-electron chi connectivity index (χ1n) is 41.4. The number of anilines is 8. The lowest BCUT2D eigenvalue weighted by Gasteiger charge is -2.37. The molecule has 0 aromatic heterocycles. The predicted octanol–water partition coefficient (Wildman–Crippen LogP) is 28.7. The Bertz CT molecular complexity index is 4640. The zero-order chi connectivity index (χ0) is 79.2. The van der Waals surface area contributed by atoms with E-state index in [1.807, 2.05) is 0 Å². The van der Waals surface area contributed by atoms with Crippen molar-refractivity contribution in [2.24, 2.45) is 0 Å². The number of benzene rings is 8. The van der Waals surface area contributed by atoms with Gasteiger partial charge < -0.3 is 42.5 Å². The van der Waals surface area contributed by atoms with Gasteiger partial charge in [0.05, 0.1) is 22.2 Å². The van der Waals surface area contributed by atoms with Gasteiger partial charge in [-0.1, -0.05) is 263 Å². The Hall–Kier alpha value is -9.92. The van der Waals surface area contributed by atoms with E-state index in [1.54, 1.807) is 0 Å². The molecule has 8 N–H and O–H groups in total. The number of allylic oxidation sites excluding steroid dienone is 8. The summed E-state index contributed by atoms with van der Waals surface area (Å²) in [5.41, 5.74) is 32.9. The van der Waals surface area contributed by atoms with Crippen LogP contribution in [0.15, 0.2) is 243 Å². The molecule has 8 aromatic rings. The van der Waals surface area contributed by atoms with E-state index in [9.17, 15) is 0 Å². The van der Waals surface area contributed by atoms with E-state index in [0.29, 0.717) is 24.2 Å². The molecule has 8 heterocycles. The predicted molar refractivity (Wildman–Crippen MR) is 490 cm³/mol. The van der Waals surface area contributed by atoms with Crippen molar-refractivity contribution < 1.29 is 0 Å². The van der Waals surface area contributed by atoms with Gasteiger partial charge in [0.15, 0.2) is 0 Å². The van der Waals surface area contributed by atoms with Crippen LogP contribution in [0.3, 0.4) is 0 Å². The second-order valence-corrected chi connectivity index (χ2v) is 31.7. The molecule has 0 amide bonds. The Labute approximate surface area is 664 Å². The third-order valence-corrected chi connectivity index (χ3v) is 22.6. The van der Waals surface area contributed by atoms with Crippen LogP contribution >= 0.6 is 0 Å². The van der Waals surface area contributed by atoms with Crippen LogP contribution in [-0.4, -0.2) is 46.3 Å². The van der Waals surface area contributed by atoms with Crippen LogP contribution in [0.5, 0.6) is 0 Å². The van der Waals surface area contributed by atoms with E-state index >= 15 is 0 Å². The van der Waals surface area contributed by atoms with Crippen molar-refractivity contribution in [1.82, 2.24) is 0 Å². The van der Waals surface area contributed by atoms with Crippen molar-refractivity contribution in [2.45, 2.75) is 249 Å². The maximum absolute atomic E-state index is 3.70. The number of hydrogen-bond donors (Lipinski definition) is 8. The minimum Gasteiger partial charge on any atom is -0.379 e. The lowest BCUT2D eigenvalue weighted by molar-refractivity contribution is 0.532. The lowest BCUT2D eigenvalue weighted by Crippen LogP contribution is -2.37. The third-order valence-electron chi connectivity index (χ3n) is 22.6. The Kier molecular flexibility index (Phi) is 29.9. The summed E-state index contributed by atoms with van der Waals surface area (Å²) < 4.78 is 0. The Morgan fingerprint density at radius 3 is 0.991 bits per heavy atom. The molecule has 6 atom stereocenters. The van der Waals surface area contributed by atoms with Gasteiger partial charge in [0.25, 0.3) is 0 Å². The summed E-state index contributed by atoms with van der Waals surface area (Å²) in [5, 5.41) is 28.3. The van der Waals surface area contributed by atoms with Crippen molar-refractivity contribution in [3.8, 4) is 0 Å². The maximum Gasteiger partial charge on any atom is 0.0557 e. The molecule has 6 unspecified atom stereocenters. The second-order valence-electron chi connectivity index (χ2n) is 31.7. The van der Waals surface area contributed by atoms with Gasteiger partial charge in [-0.05, 0) is 227 Å². The largest absolute Gasteiger partial charge is 0.379 e. The van der Waals surface area contributed by atoms with Gasteiger partial charge in [0.2, 0.25) is 0 Å². The van der Waals surface area contributed by atoms with E-state index in [0.717, 1.165) is 64.2 Å². The molecular weight excluding hydrogens is 1340 g/mol. The highest BCUT2D eigenvalue weighted by Crippen LogP contribution is 2.42. The summed E-state index contributed by atoms with van der Waals surface area (Å²) in [4.78, 5) is 0.